The van der Waals surface area contributed by atoms with Gasteiger partial charge in [0, 0.05) is 6.54 Å². The zero-order chi connectivity index (χ0) is 28.9. The van der Waals surface area contributed by atoms with Crippen LogP contribution >= 0.6 is 11.8 Å². The maximum Gasteiger partial charge on any atom is 0.326 e. The molecule has 0 aliphatic rings. The van der Waals surface area contributed by atoms with Crippen LogP contribution in [0, 0.1) is 0 Å². The van der Waals surface area contributed by atoms with Crippen molar-refractivity contribution in [2.45, 2.75) is 82.0 Å². The number of carbonyl (C=O) groups is 4. The number of carboxylic acids is 1. The van der Waals surface area contributed by atoms with Gasteiger partial charge in [-0.3, -0.25) is 19.4 Å². The minimum atomic E-state index is -1.17. The van der Waals surface area contributed by atoms with Crippen LogP contribution in [0.15, 0.2) is 4.99 Å². The standard InChI is InChI=1S/C23H47N9O5S/c1-38-14-10-17(30-19(33)15(26)7-6-13-29-23(27)28)21(35)31-16(8-2-4-11-24)20(34)32-18(22(36)37)9-3-5-12-25/h15-18H,2-14,24-26H2,1H3,(H,30,33)(H,31,35)(H,32,34)(H,36,37)(H4,27,28,29). The second kappa shape index (κ2) is 21.3. The van der Waals surface area contributed by atoms with E-state index in [1.807, 2.05) is 6.26 Å². The molecular formula is C23H47N9O5S. The van der Waals surface area contributed by atoms with E-state index in [4.69, 9.17) is 28.7 Å². The first-order valence-electron chi connectivity index (χ1n) is 12.9. The Morgan fingerprint density at radius 1 is 0.763 bits per heavy atom. The van der Waals surface area contributed by atoms with Crippen LogP contribution in [0.5, 0.6) is 0 Å². The molecule has 0 bridgehead atoms. The maximum atomic E-state index is 13.2. The minimum Gasteiger partial charge on any atom is -0.480 e. The van der Waals surface area contributed by atoms with Gasteiger partial charge in [-0.25, -0.2) is 4.79 Å². The number of aliphatic carboxylic acids is 1. The summed E-state index contributed by atoms with van der Waals surface area (Å²) in [5.41, 5.74) is 27.6. The van der Waals surface area contributed by atoms with E-state index < -0.39 is 47.9 Å². The molecule has 0 aromatic heterocycles. The molecule has 4 unspecified atom stereocenters. The number of carboxylic acid groups (broad SMARTS) is 1. The number of rotatable bonds is 22. The lowest BCUT2D eigenvalue weighted by Crippen LogP contribution is -2.57. The monoisotopic (exact) mass is 561 g/mol. The molecule has 0 rings (SSSR count). The van der Waals surface area contributed by atoms with Gasteiger partial charge < -0.3 is 49.7 Å². The number of guanidine groups is 1. The average molecular weight is 562 g/mol. The second-order valence-corrected chi connectivity index (χ2v) is 9.91. The van der Waals surface area contributed by atoms with Gasteiger partial charge in [0.2, 0.25) is 17.7 Å². The molecule has 0 fully saturated rings. The molecule has 0 heterocycles. The fourth-order valence-electron chi connectivity index (χ4n) is 3.49. The van der Waals surface area contributed by atoms with Crippen molar-refractivity contribution < 1.29 is 24.3 Å². The van der Waals surface area contributed by atoms with Crippen LogP contribution in [0.4, 0.5) is 0 Å². The van der Waals surface area contributed by atoms with Gasteiger partial charge in [-0.15, -0.1) is 0 Å². The number of nitrogens with zero attached hydrogens (tertiary/aromatic N) is 1. The Morgan fingerprint density at radius 3 is 1.76 bits per heavy atom. The van der Waals surface area contributed by atoms with Gasteiger partial charge in [-0.1, -0.05) is 0 Å². The molecule has 38 heavy (non-hydrogen) atoms. The Balaban J connectivity index is 5.37. The zero-order valence-corrected chi connectivity index (χ0v) is 23.1. The molecule has 0 saturated carbocycles. The van der Waals surface area contributed by atoms with Crippen LogP contribution in [0.1, 0.15) is 57.8 Å². The molecule has 0 aliphatic heterocycles. The first kappa shape index (κ1) is 35.4. The molecule has 0 spiro atoms. The van der Waals surface area contributed by atoms with Crippen molar-refractivity contribution in [2.75, 3.05) is 31.6 Å². The van der Waals surface area contributed by atoms with Crippen LogP contribution in [-0.2, 0) is 19.2 Å². The summed E-state index contributed by atoms with van der Waals surface area (Å²) in [7, 11) is 0. The summed E-state index contributed by atoms with van der Waals surface area (Å²) >= 11 is 1.50. The van der Waals surface area contributed by atoms with Crippen molar-refractivity contribution in [3.05, 3.63) is 0 Å². The Hall–Kier alpha value is -2.62. The molecule has 14 N–H and O–H groups in total. The number of hydrogen-bond acceptors (Lipinski definition) is 9. The predicted octanol–water partition coefficient (Wildman–Crippen LogP) is -2.08. The van der Waals surface area contributed by atoms with E-state index in [1.165, 1.54) is 11.8 Å². The van der Waals surface area contributed by atoms with Gasteiger partial charge in [0.1, 0.15) is 18.1 Å². The number of amides is 3. The van der Waals surface area contributed by atoms with Crippen molar-refractivity contribution in [1.29, 1.82) is 0 Å². The van der Waals surface area contributed by atoms with Crippen LogP contribution in [0.25, 0.3) is 0 Å². The van der Waals surface area contributed by atoms with E-state index in [1.54, 1.807) is 0 Å². The smallest absolute Gasteiger partial charge is 0.326 e. The highest BCUT2D eigenvalue weighted by molar-refractivity contribution is 7.98. The number of nitrogens with two attached hydrogens (primary N) is 5. The average Bonchev–Trinajstić information content (AvgIpc) is 2.87. The summed E-state index contributed by atoms with van der Waals surface area (Å²) in [6.45, 7) is 1.15. The number of carbonyl (C=O) groups excluding carboxylic acids is 3. The Labute approximate surface area is 229 Å². The highest BCUT2D eigenvalue weighted by Gasteiger charge is 2.29. The lowest BCUT2D eigenvalue weighted by molar-refractivity contribution is -0.142. The summed E-state index contributed by atoms with van der Waals surface area (Å²) in [4.78, 5) is 54.3. The number of hydrogen-bond donors (Lipinski definition) is 9. The van der Waals surface area contributed by atoms with E-state index in [-0.39, 0.29) is 18.8 Å². The lowest BCUT2D eigenvalue weighted by atomic mass is 10.0. The molecule has 0 aliphatic carbocycles. The first-order valence-corrected chi connectivity index (χ1v) is 14.3. The van der Waals surface area contributed by atoms with Gasteiger partial charge in [0.05, 0.1) is 6.04 Å². The number of thioether (sulfide) groups is 1. The molecule has 15 heteroatoms. The highest BCUT2D eigenvalue weighted by Crippen LogP contribution is 2.08. The van der Waals surface area contributed by atoms with Gasteiger partial charge in [0.25, 0.3) is 0 Å². The molecule has 3 amide bonds. The Morgan fingerprint density at radius 2 is 1.26 bits per heavy atom. The van der Waals surface area contributed by atoms with E-state index in [2.05, 4.69) is 20.9 Å². The SMILES string of the molecule is CSCCC(NC(=O)C(N)CCCN=C(N)N)C(=O)NC(CCCCN)C(=O)NC(CCCCN)C(=O)O. The fraction of sp³-hybridized carbons (Fsp3) is 0.783. The van der Waals surface area contributed by atoms with E-state index in [9.17, 15) is 24.3 Å². The molecule has 0 radical (unpaired) electrons. The number of unbranched alkanes of at least 4 members (excludes halogenated alkanes) is 2. The number of aliphatic imine (C=N–C) groups is 1. The van der Waals surface area contributed by atoms with Gasteiger partial charge in [-0.05, 0) is 82.9 Å². The van der Waals surface area contributed by atoms with E-state index in [0.29, 0.717) is 70.3 Å². The molecule has 14 nitrogen and oxygen atoms in total. The summed E-state index contributed by atoms with van der Waals surface area (Å²) in [5.74, 6) is -2.31. The second-order valence-electron chi connectivity index (χ2n) is 8.93. The Kier molecular flexibility index (Phi) is 19.9. The van der Waals surface area contributed by atoms with Crippen LogP contribution in [0.2, 0.25) is 0 Å². The fourth-order valence-corrected chi connectivity index (χ4v) is 3.96. The largest absolute Gasteiger partial charge is 0.480 e. The Bertz CT molecular complexity index is 753. The van der Waals surface area contributed by atoms with Crippen molar-refractivity contribution in [2.24, 2.45) is 33.7 Å². The van der Waals surface area contributed by atoms with Crippen LogP contribution in [-0.4, -0.2) is 90.6 Å². The van der Waals surface area contributed by atoms with Crippen molar-refractivity contribution in [1.82, 2.24) is 16.0 Å². The van der Waals surface area contributed by atoms with Crippen molar-refractivity contribution >= 4 is 41.4 Å². The highest BCUT2D eigenvalue weighted by atomic mass is 32.2. The normalized spacial score (nSPS) is 14.0. The summed E-state index contributed by atoms with van der Waals surface area (Å²) in [5, 5.41) is 17.4. The van der Waals surface area contributed by atoms with E-state index >= 15 is 0 Å². The minimum absolute atomic E-state index is 0.0490. The third kappa shape index (κ3) is 16.3. The van der Waals surface area contributed by atoms with Gasteiger partial charge in [-0.2, -0.15) is 11.8 Å². The number of nitrogens with one attached hydrogen (secondary N) is 3. The third-order valence-corrected chi connectivity index (χ3v) is 6.33. The van der Waals surface area contributed by atoms with Crippen LogP contribution in [0.3, 0.4) is 0 Å². The maximum absolute atomic E-state index is 13.2. The van der Waals surface area contributed by atoms with Gasteiger partial charge in [0.15, 0.2) is 5.96 Å². The summed E-state index contributed by atoms with van der Waals surface area (Å²) in [6.07, 6.45) is 5.78. The topological polar surface area (TPSA) is 267 Å². The predicted molar refractivity (Wildman–Crippen MR) is 150 cm³/mol. The molecular weight excluding hydrogens is 514 g/mol. The van der Waals surface area contributed by atoms with Crippen LogP contribution < -0.4 is 44.6 Å². The summed E-state index contributed by atoms with van der Waals surface area (Å²) in [6, 6.07) is -3.90. The van der Waals surface area contributed by atoms with Crippen molar-refractivity contribution in [3.8, 4) is 0 Å². The van der Waals surface area contributed by atoms with Gasteiger partial charge >= 0.3 is 5.97 Å². The van der Waals surface area contributed by atoms with Crippen molar-refractivity contribution in [3.63, 3.8) is 0 Å². The summed E-state index contributed by atoms with van der Waals surface area (Å²) < 4.78 is 0. The zero-order valence-electron chi connectivity index (χ0n) is 22.3. The molecule has 0 aromatic carbocycles. The lowest BCUT2D eigenvalue weighted by Gasteiger charge is -2.25. The first-order chi connectivity index (χ1) is 18.1. The molecule has 4 atom stereocenters. The van der Waals surface area contributed by atoms with E-state index in [0.717, 1.165) is 0 Å². The quantitative estimate of drug-likeness (QED) is 0.0393. The molecule has 220 valence electrons. The third-order valence-electron chi connectivity index (χ3n) is 5.69. The molecule has 0 saturated heterocycles. The molecule has 0 aromatic rings.